The smallest absolute Gasteiger partial charge is 0.293 e. The maximum absolute atomic E-state index is 13.1. The molecule has 1 aromatic heterocycles. The Balaban J connectivity index is 0.000000368. The number of benzene rings is 2. The molecule has 0 amide bonds. The van der Waals surface area contributed by atoms with Crippen molar-refractivity contribution in [2.45, 2.75) is 13.8 Å². The van der Waals surface area contributed by atoms with Crippen LogP contribution in [0.4, 0.5) is 21.5 Å². The predicted molar refractivity (Wildman–Crippen MR) is 94.8 cm³/mol. The molecule has 2 aromatic carbocycles. The van der Waals surface area contributed by atoms with Crippen molar-refractivity contribution >= 4 is 34.4 Å². The monoisotopic (exact) mass is 329 g/mol. The van der Waals surface area contributed by atoms with Gasteiger partial charge in [-0.25, -0.2) is 4.39 Å². The first-order valence-electron chi connectivity index (χ1n) is 7.50. The summed E-state index contributed by atoms with van der Waals surface area (Å²) in [6, 6.07) is 10.8. The summed E-state index contributed by atoms with van der Waals surface area (Å²) in [7, 11) is 0. The summed E-state index contributed by atoms with van der Waals surface area (Å²) in [5.74, 6) is -0.401. The van der Waals surface area contributed by atoms with Crippen molar-refractivity contribution in [2.24, 2.45) is 0 Å². The number of carbonyl (C=O) groups is 1. The normalized spacial score (nSPS) is 9.96. The van der Waals surface area contributed by atoms with E-state index >= 15 is 0 Å². The minimum absolute atomic E-state index is 0.142. The highest BCUT2D eigenvalue weighted by Gasteiger charge is 2.05. The number of hydrogen-bond acceptors (Lipinski definition) is 4. The average Bonchev–Trinajstić information content (AvgIpc) is 3.01. The Morgan fingerprint density at radius 1 is 1.29 bits per heavy atom. The average molecular weight is 329 g/mol. The van der Waals surface area contributed by atoms with E-state index in [0.29, 0.717) is 13.1 Å². The maximum Gasteiger partial charge on any atom is 0.293 e. The van der Waals surface area contributed by atoms with Gasteiger partial charge in [-0.3, -0.25) is 4.79 Å². The Morgan fingerprint density at radius 3 is 2.71 bits per heavy atom. The van der Waals surface area contributed by atoms with Crippen molar-refractivity contribution in [3.63, 3.8) is 0 Å². The first-order valence-corrected chi connectivity index (χ1v) is 7.50. The Bertz CT molecular complexity index is 830. The number of nitrogens with one attached hydrogen (secondary N) is 2. The van der Waals surface area contributed by atoms with Crippen LogP contribution in [0.5, 0.6) is 0 Å². The van der Waals surface area contributed by atoms with Crippen molar-refractivity contribution < 1.29 is 13.9 Å². The molecule has 1 heterocycles. The molecule has 0 saturated carbocycles. The summed E-state index contributed by atoms with van der Waals surface area (Å²) in [6.45, 7) is 4.70. The molecule has 0 aliphatic heterocycles. The van der Waals surface area contributed by atoms with Gasteiger partial charge < -0.3 is 20.8 Å². The van der Waals surface area contributed by atoms with Crippen LogP contribution < -0.4 is 11.1 Å². The summed E-state index contributed by atoms with van der Waals surface area (Å²) in [4.78, 5) is 12.4. The van der Waals surface area contributed by atoms with Crippen LogP contribution in [0.1, 0.15) is 12.5 Å². The highest BCUT2D eigenvalue weighted by Crippen LogP contribution is 2.28. The number of halogens is 1. The lowest BCUT2D eigenvalue weighted by Gasteiger charge is -2.10. The molecular weight excluding hydrogens is 309 g/mol. The molecule has 3 rings (SSSR count). The molecule has 3 aromatic rings. The van der Waals surface area contributed by atoms with Gasteiger partial charge in [-0.05, 0) is 55.8 Å². The number of H-pyrrole nitrogens is 1. The van der Waals surface area contributed by atoms with Gasteiger partial charge >= 0.3 is 0 Å². The molecule has 0 bridgehead atoms. The third kappa shape index (κ3) is 4.25. The molecule has 0 atom stereocenters. The zero-order valence-electron chi connectivity index (χ0n) is 13.6. The van der Waals surface area contributed by atoms with Crippen LogP contribution >= 0.6 is 0 Å². The standard InChI is InChI=1S/C15H14FN3.C3H6O2/c1-9-6-14-11(4-5-18-14)15(7-9)19-10-2-3-12(16)13(17)8-10;1-2-5-3-4/h2-8,18-19H,17H2,1H3;3H,2H2,1H3. The molecule has 126 valence electrons. The molecule has 0 unspecified atom stereocenters. The largest absolute Gasteiger partial charge is 0.468 e. The highest BCUT2D eigenvalue weighted by molar-refractivity contribution is 5.94. The van der Waals surface area contributed by atoms with E-state index in [1.807, 2.05) is 19.2 Å². The molecule has 0 radical (unpaired) electrons. The molecule has 0 aliphatic rings. The van der Waals surface area contributed by atoms with Gasteiger partial charge in [0.1, 0.15) is 5.82 Å². The summed E-state index contributed by atoms with van der Waals surface area (Å²) in [5.41, 5.74) is 9.68. The number of nitrogens with two attached hydrogens (primary N) is 1. The second-order valence-corrected chi connectivity index (χ2v) is 5.16. The molecule has 0 spiro atoms. The van der Waals surface area contributed by atoms with Gasteiger partial charge in [-0.2, -0.15) is 0 Å². The van der Waals surface area contributed by atoms with Crippen molar-refractivity contribution in [3.8, 4) is 0 Å². The lowest BCUT2D eigenvalue weighted by molar-refractivity contribution is -0.128. The van der Waals surface area contributed by atoms with E-state index < -0.39 is 5.82 Å². The SMILES string of the molecule is CCOC=O.Cc1cc(Nc2ccc(F)c(N)c2)c2cc[nH]c2c1. The number of aromatic amines is 1. The summed E-state index contributed by atoms with van der Waals surface area (Å²) in [5, 5.41) is 4.37. The molecular formula is C18H20FN3O2. The first-order chi connectivity index (χ1) is 11.5. The summed E-state index contributed by atoms with van der Waals surface area (Å²) in [6.07, 6.45) is 1.90. The Labute approximate surface area is 139 Å². The molecule has 0 aliphatic carbocycles. The Hall–Kier alpha value is -3.02. The minimum atomic E-state index is -0.401. The van der Waals surface area contributed by atoms with Crippen molar-refractivity contribution in [3.05, 3.63) is 54.0 Å². The fraction of sp³-hybridized carbons (Fsp3) is 0.167. The number of ether oxygens (including phenoxy) is 1. The van der Waals surface area contributed by atoms with Gasteiger partial charge in [-0.1, -0.05) is 0 Å². The molecule has 0 fully saturated rings. The van der Waals surface area contributed by atoms with E-state index in [-0.39, 0.29) is 5.69 Å². The van der Waals surface area contributed by atoms with E-state index in [2.05, 4.69) is 27.2 Å². The van der Waals surface area contributed by atoms with Crippen LogP contribution in [-0.2, 0) is 9.53 Å². The van der Waals surface area contributed by atoms with Crippen LogP contribution in [0, 0.1) is 12.7 Å². The van der Waals surface area contributed by atoms with Gasteiger partial charge in [0.2, 0.25) is 0 Å². The zero-order chi connectivity index (χ0) is 17.5. The Morgan fingerprint density at radius 2 is 2.08 bits per heavy atom. The number of fused-ring (bicyclic) bond motifs is 1. The van der Waals surface area contributed by atoms with Gasteiger partial charge in [0.15, 0.2) is 0 Å². The van der Waals surface area contributed by atoms with Crippen LogP contribution in [0.2, 0.25) is 0 Å². The molecule has 4 N–H and O–H groups in total. The number of aromatic nitrogens is 1. The molecule has 5 nitrogen and oxygen atoms in total. The Kier molecular flexibility index (Phi) is 5.78. The predicted octanol–water partition coefficient (Wildman–Crippen LogP) is 4.12. The lowest BCUT2D eigenvalue weighted by Crippen LogP contribution is -1.95. The first kappa shape index (κ1) is 17.3. The molecule has 6 heteroatoms. The number of hydrogen-bond donors (Lipinski definition) is 3. The van der Waals surface area contributed by atoms with Gasteiger partial charge in [0, 0.05) is 28.5 Å². The minimum Gasteiger partial charge on any atom is -0.468 e. The number of rotatable bonds is 4. The van der Waals surface area contributed by atoms with Gasteiger partial charge in [0.05, 0.1) is 12.3 Å². The van der Waals surface area contributed by atoms with Crippen LogP contribution in [-0.4, -0.2) is 18.1 Å². The van der Waals surface area contributed by atoms with Crippen LogP contribution in [0.3, 0.4) is 0 Å². The maximum atomic E-state index is 13.1. The number of nitrogen functional groups attached to an aromatic ring is 1. The highest BCUT2D eigenvalue weighted by atomic mass is 19.1. The van der Waals surface area contributed by atoms with E-state index in [9.17, 15) is 9.18 Å². The topological polar surface area (TPSA) is 80.1 Å². The van der Waals surface area contributed by atoms with Crippen molar-refractivity contribution in [1.29, 1.82) is 0 Å². The molecule has 0 saturated heterocycles. The van der Waals surface area contributed by atoms with Crippen molar-refractivity contribution in [1.82, 2.24) is 4.98 Å². The summed E-state index contributed by atoms with van der Waals surface area (Å²) >= 11 is 0. The van der Waals surface area contributed by atoms with Gasteiger partial charge in [0.25, 0.3) is 6.47 Å². The second-order valence-electron chi connectivity index (χ2n) is 5.16. The molecule has 24 heavy (non-hydrogen) atoms. The van der Waals surface area contributed by atoms with E-state index in [4.69, 9.17) is 5.73 Å². The number of carbonyl (C=O) groups excluding carboxylic acids is 1. The van der Waals surface area contributed by atoms with E-state index in [1.54, 1.807) is 19.1 Å². The van der Waals surface area contributed by atoms with Gasteiger partial charge in [-0.15, -0.1) is 0 Å². The fourth-order valence-corrected chi connectivity index (χ4v) is 2.26. The lowest BCUT2D eigenvalue weighted by atomic mass is 10.1. The summed E-state index contributed by atoms with van der Waals surface area (Å²) < 4.78 is 17.3. The quantitative estimate of drug-likeness (QED) is 0.497. The second kappa shape index (κ2) is 8.01. The van der Waals surface area contributed by atoms with E-state index in [0.717, 1.165) is 27.8 Å². The van der Waals surface area contributed by atoms with E-state index in [1.165, 1.54) is 6.07 Å². The van der Waals surface area contributed by atoms with Crippen LogP contribution in [0.25, 0.3) is 10.9 Å². The number of aryl methyl sites for hydroxylation is 1. The van der Waals surface area contributed by atoms with Crippen molar-refractivity contribution in [2.75, 3.05) is 17.7 Å². The zero-order valence-corrected chi connectivity index (χ0v) is 13.6. The fourth-order valence-electron chi connectivity index (χ4n) is 2.26. The third-order valence-electron chi connectivity index (χ3n) is 3.32. The third-order valence-corrected chi connectivity index (χ3v) is 3.32. The number of anilines is 3. The van der Waals surface area contributed by atoms with Crippen LogP contribution in [0.15, 0.2) is 42.6 Å².